The van der Waals surface area contributed by atoms with Gasteiger partial charge in [0.15, 0.2) is 0 Å². The Bertz CT molecular complexity index is 935. The highest BCUT2D eigenvalue weighted by atomic mass is 16.5. The van der Waals surface area contributed by atoms with Gasteiger partial charge in [0.25, 0.3) is 0 Å². The van der Waals surface area contributed by atoms with Crippen molar-refractivity contribution in [3.8, 4) is 0 Å². The molecule has 2 aromatic rings. The number of carbonyl (C=O) groups excluding carboxylic acids is 2. The second-order valence-electron chi connectivity index (χ2n) is 9.76. The average Bonchev–Trinajstić information content (AvgIpc) is 2.88. The number of anilines is 1. The molecule has 3 N–H and O–H groups in total. The molecule has 2 aliphatic rings. The molecule has 2 aliphatic carbocycles. The molecule has 0 saturated heterocycles. The van der Waals surface area contributed by atoms with E-state index in [1.807, 2.05) is 54.6 Å². The molecule has 2 amide bonds. The van der Waals surface area contributed by atoms with E-state index in [0.29, 0.717) is 18.1 Å². The zero-order chi connectivity index (χ0) is 23.8. The fourth-order valence-electron chi connectivity index (χ4n) is 5.21. The van der Waals surface area contributed by atoms with Gasteiger partial charge in [0, 0.05) is 30.2 Å². The van der Waals surface area contributed by atoms with Gasteiger partial charge >= 0.3 is 6.09 Å². The SMILES string of the molecule is NC1CCC(N(Cc2cccc(NC(=O)OCc3ccccc3)c2)C(=O)C2CCCCC2)CC1. The minimum atomic E-state index is -0.489. The van der Waals surface area contributed by atoms with Crippen molar-refractivity contribution >= 4 is 17.7 Å². The molecule has 0 atom stereocenters. The number of carbonyl (C=O) groups is 2. The fourth-order valence-corrected chi connectivity index (χ4v) is 5.21. The molecule has 2 aromatic carbocycles. The summed E-state index contributed by atoms with van der Waals surface area (Å²) in [5.74, 6) is 0.430. The van der Waals surface area contributed by atoms with Gasteiger partial charge in [-0.2, -0.15) is 0 Å². The number of amides is 2. The van der Waals surface area contributed by atoms with Gasteiger partial charge in [-0.25, -0.2) is 4.79 Å². The van der Waals surface area contributed by atoms with Crippen molar-refractivity contribution in [2.24, 2.45) is 11.7 Å². The van der Waals surface area contributed by atoms with Crippen LogP contribution in [0, 0.1) is 5.92 Å². The molecule has 0 heterocycles. The molecule has 34 heavy (non-hydrogen) atoms. The van der Waals surface area contributed by atoms with Gasteiger partial charge in [-0.05, 0) is 61.8 Å². The van der Waals surface area contributed by atoms with Crippen LogP contribution in [0.5, 0.6) is 0 Å². The Balaban J connectivity index is 1.40. The number of rotatable bonds is 7. The summed E-state index contributed by atoms with van der Waals surface area (Å²) in [6, 6.07) is 17.8. The highest BCUT2D eigenvalue weighted by Crippen LogP contribution is 2.30. The summed E-state index contributed by atoms with van der Waals surface area (Å²) in [5.41, 5.74) is 8.77. The molecule has 4 rings (SSSR count). The summed E-state index contributed by atoms with van der Waals surface area (Å²) in [5, 5.41) is 2.82. The average molecular weight is 464 g/mol. The van der Waals surface area contributed by atoms with Crippen molar-refractivity contribution < 1.29 is 14.3 Å². The van der Waals surface area contributed by atoms with Crippen molar-refractivity contribution in [3.63, 3.8) is 0 Å². The molecule has 182 valence electrons. The predicted octanol–water partition coefficient (Wildman–Crippen LogP) is 5.61. The number of nitrogens with two attached hydrogens (primary N) is 1. The minimum Gasteiger partial charge on any atom is -0.444 e. The van der Waals surface area contributed by atoms with Gasteiger partial charge in [0.05, 0.1) is 0 Å². The molecule has 6 nitrogen and oxygen atoms in total. The molecule has 0 aromatic heterocycles. The lowest BCUT2D eigenvalue weighted by Crippen LogP contribution is -2.46. The molecule has 0 aliphatic heterocycles. The third kappa shape index (κ3) is 6.83. The highest BCUT2D eigenvalue weighted by Gasteiger charge is 2.32. The minimum absolute atomic E-state index is 0.138. The van der Waals surface area contributed by atoms with Crippen LogP contribution in [0.15, 0.2) is 54.6 Å². The Kier molecular flexibility index (Phi) is 8.58. The second kappa shape index (κ2) is 12.0. The molecule has 2 saturated carbocycles. The molecular weight excluding hydrogens is 426 g/mol. The van der Waals surface area contributed by atoms with Crippen LogP contribution >= 0.6 is 0 Å². The first-order valence-electron chi connectivity index (χ1n) is 12.7. The third-order valence-corrected chi connectivity index (χ3v) is 7.16. The van der Waals surface area contributed by atoms with Gasteiger partial charge in [-0.15, -0.1) is 0 Å². The molecular formula is C28H37N3O3. The van der Waals surface area contributed by atoms with Gasteiger partial charge in [0.2, 0.25) is 5.91 Å². The van der Waals surface area contributed by atoms with E-state index in [2.05, 4.69) is 10.2 Å². The zero-order valence-corrected chi connectivity index (χ0v) is 20.0. The van der Waals surface area contributed by atoms with Crippen LogP contribution in [0.25, 0.3) is 0 Å². The van der Waals surface area contributed by atoms with Crippen molar-refractivity contribution in [3.05, 3.63) is 65.7 Å². The van der Waals surface area contributed by atoms with Crippen molar-refractivity contribution in [2.45, 2.75) is 83.0 Å². The quantitative estimate of drug-likeness (QED) is 0.559. The van der Waals surface area contributed by atoms with Gasteiger partial charge in [-0.1, -0.05) is 61.7 Å². The predicted molar refractivity (Wildman–Crippen MR) is 134 cm³/mol. The van der Waals surface area contributed by atoms with E-state index in [0.717, 1.165) is 62.5 Å². The summed E-state index contributed by atoms with van der Waals surface area (Å²) in [6.45, 7) is 0.781. The van der Waals surface area contributed by atoms with Crippen LogP contribution in [0.4, 0.5) is 10.5 Å². The number of nitrogens with zero attached hydrogens (tertiary/aromatic N) is 1. The van der Waals surface area contributed by atoms with Crippen LogP contribution in [-0.2, 0) is 22.7 Å². The summed E-state index contributed by atoms with van der Waals surface area (Å²) in [6.07, 6.45) is 8.88. The molecule has 6 heteroatoms. The Morgan fingerprint density at radius 2 is 1.59 bits per heavy atom. The standard InChI is InChI=1S/C28H37N3O3/c29-24-14-16-26(17-15-24)31(27(32)23-11-5-2-6-12-23)19-22-10-7-13-25(18-22)30-28(33)34-20-21-8-3-1-4-9-21/h1,3-4,7-10,13,18,23-24,26H,2,5-6,11-12,14-17,19-20,29H2,(H,30,33). The lowest BCUT2D eigenvalue weighted by atomic mass is 9.85. The van der Waals surface area contributed by atoms with Crippen molar-refractivity contribution in [2.75, 3.05) is 5.32 Å². The maximum atomic E-state index is 13.6. The van der Waals surface area contributed by atoms with Crippen LogP contribution < -0.4 is 11.1 Å². The monoisotopic (exact) mass is 463 g/mol. The van der Waals surface area contributed by atoms with E-state index < -0.39 is 6.09 Å². The number of nitrogens with one attached hydrogen (secondary N) is 1. The first-order valence-corrected chi connectivity index (χ1v) is 12.7. The topological polar surface area (TPSA) is 84.7 Å². The summed E-state index contributed by atoms with van der Waals surface area (Å²) < 4.78 is 5.35. The summed E-state index contributed by atoms with van der Waals surface area (Å²) in [4.78, 5) is 28.0. The maximum Gasteiger partial charge on any atom is 0.411 e. The lowest BCUT2D eigenvalue weighted by molar-refractivity contribution is -0.140. The number of hydrogen-bond acceptors (Lipinski definition) is 4. The summed E-state index contributed by atoms with van der Waals surface area (Å²) >= 11 is 0. The van der Waals surface area contributed by atoms with Crippen LogP contribution in [0.3, 0.4) is 0 Å². The number of ether oxygens (including phenoxy) is 1. The third-order valence-electron chi connectivity index (χ3n) is 7.16. The van der Waals surface area contributed by atoms with Crippen molar-refractivity contribution in [1.29, 1.82) is 0 Å². The van der Waals surface area contributed by atoms with Gasteiger partial charge in [0.1, 0.15) is 6.61 Å². The van der Waals surface area contributed by atoms with E-state index in [1.165, 1.54) is 6.42 Å². The Morgan fingerprint density at radius 3 is 2.32 bits per heavy atom. The molecule has 2 fully saturated rings. The highest BCUT2D eigenvalue weighted by molar-refractivity contribution is 5.84. The molecule has 0 unspecified atom stereocenters. The zero-order valence-electron chi connectivity index (χ0n) is 20.0. The lowest BCUT2D eigenvalue weighted by Gasteiger charge is -2.39. The normalized spacial score (nSPS) is 21.0. The van der Waals surface area contributed by atoms with E-state index >= 15 is 0 Å². The Morgan fingerprint density at radius 1 is 0.882 bits per heavy atom. The van der Waals surface area contributed by atoms with Crippen LogP contribution in [0.2, 0.25) is 0 Å². The largest absolute Gasteiger partial charge is 0.444 e. The van der Waals surface area contributed by atoms with Gasteiger partial charge in [-0.3, -0.25) is 10.1 Å². The van der Waals surface area contributed by atoms with Crippen LogP contribution in [-0.4, -0.2) is 29.0 Å². The van der Waals surface area contributed by atoms with E-state index in [4.69, 9.17) is 10.5 Å². The first-order chi connectivity index (χ1) is 16.6. The van der Waals surface area contributed by atoms with Gasteiger partial charge < -0.3 is 15.4 Å². The first kappa shape index (κ1) is 24.3. The fraction of sp³-hybridized carbons (Fsp3) is 0.500. The maximum absolute atomic E-state index is 13.6. The van der Waals surface area contributed by atoms with Crippen LogP contribution in [0.1, 0.15) is 68.9 Å². The number of benzene rings is 2. The Labute approximate surface area is 202 Å². The number of hydrogen-bond donors (Lipinski definition) is 2. The van der Waals surface area contributed by atoms with E-state index in [-0.39, 0.29) is 24.6 Å². The van der Waals surface area contributed by atoms with E-state index in [1.54, 1.807) is 0 Å². The summed E-state index contributed by atoms with van der Waals surface area (Å²) in [7, 11) is 0. The molecule has 0 bridgehead atoms. The van der Waals surface area contributed by atoms with Crippen molar-refractivity contribution in [1.82, 2.24) is 4.90 Å². The second-order valence-corrected chi connectivity index (χ2v) is 9.76. The molecule has 0 radical (unpaired) electrons. The van der Waals surface area contributed by atoms with E-state index in [9.17, 15) is 9.59 Å². The Hall–Kier alpha value is -2.86. The smallest absolute Gasteiger partial charge is 0.411 e. The molecule has 0 spiro atoms.